The predicted octanol–water partition coefficient (Wildman–Crippen LogP) is 4.59. The average Bonchev–Trinajstić information content (AvgIpc) is 3.12. The first kappa shape index (κ1) is 23.7. The number of aryl methyl sites for hydroxylation is 1. The third kappa shape index (κ3) is 5.93. The summed E-state index contributed by atoms with van der Waals surface area (Å²) in [6.45, 7) is 5.59. The van der Waals surface area contributed by atoms with Crippen LogP contribution in [-0.4, -0.2) is 39.7 Å². The van der Waals surface area contributed by atoms with Gasteiger partial charge >= 0.3 is 6.09 Å². The second kappa shape index (κ2) is 9.83. The SMILES string of the molecule is CC(C)(C)OC(=O)NC1CCC(Oc2ncnc3sc4c(c23)C(CCC(N)=O)CCC4)CC1. The lowest BCUT2D eigenvalue weighted by Gasteiger charge is -2.30. The van der Waals surface area contributed by atoms with E-state index in [1.54, 1.807) is 17.7 Å². The number of nitrogens with two attached hydrogens (primary N) is 1. The standard InChI is InChI=1S/C24H34N4O4S/c1-24(2,3)32-23(30)28-15-8-10-16(11-9-15)31-21-20-19-14(7-12-18(25)29)5-4-6-17(19)33-22(20)27-13-26-21/h13-16H,4-12H2,1-3H3,(H2,25,29)(H,28,30). The molecule has 0 aliphatic heterocycles. The van der Waals surface area contributed by atoms with E-state index in [-0.39, 0.29) is 30.1 Å². The number of hydrogen-bond donors (Lipinski definition) is 2. The summed E-state index contributed by atoms with van der Waals surface area (Å²) in [6, 6.07) is 0.0946. The number of nitrogens with one attached hydrogen (secondary N) is 1. The lowest BCUT2D eigenvalue weighted by Crippen LogP contribution is -2.42. The van der Waals surface area contributed by atoms with E-state index in [2.05, 4.69) is 15.3 Å². The van der Waals surface area contributed by atoms with Gasteiger partial charge in [-0.05, 0) is 83.6 Å². The van der Waals surface area contributed by atoms with Crippen molar-refractivity contribution in [1.29, 1.82) is 0 Å². The Balaban J connectivity index is 1.44. The Hall–Kier alpha value is -2.42. The van der Waals surface area contributed by atoms with Crippen LogP contribution in [0.15, 0.2) is 6.33 Å². The van der Waals surface area contributed by atoms with Crippen molar-refractivity contribution in [2.75, 3.05) is 0 Å². The molecule has 1 saturated carbocycles. The maximum absolute atomic E-state index is 12.1. The van der Waals surface area contributed by atoms with Crippen LogP contribution >= 0.6 is 11.3 Å². The van der Waals surface area contributed by atoms with Gasteiger partial charge in [0.2, 0.25) is 11.8 Å². The first-order valence-corrected chi connectivity index (χ1v) is 12.7. The molecule has 2 aliphatic carbocycles. The maximum Gasteiger partial charge on any atom is 0.407 e. The lowest BCUT2D eigenvalue weighted by atomic mass is 9.83. The zero-order valence-corrected chi connectivity index (χ0v) is 20.5. The average molecular weight is 475 g/mol. The van der Waals surface area contributed by atoms with Gasteiger partial charge in [0, 0.05) is 17.3 Å². The molecule has 0 radical (unpaired) electrons. The molecule has 3 N–H and O–H groups in total. The molecular weight excluding hydrogens is 440 g/mol. The van der Waals surface area contributed by atoms with Gasteiger partial charge in [-0.2, -0.15) is 0 Å². The molecular formula is C24H34N4O4S. The molecule has 8 nitrogen and oxygen atoms in total. The summed E-state index contributed by atoms with van der Waals surface area (Å²) < 4.78 is 11.8. The van der Waals surface area contributed by atoms with Gasteiger partial charge in [0.05, 0.1) is 5.39 Å². The van der Waals surface area contributed by atoms with E-state index in [0.29, 0.717) is 12.3 Å². The van der Waals surface area contributed by atoms with Crippen LogP contribution in [0.5, 0.6) is 5.88 Å². The van der Waals surface area contributed by atoms with Crippen molar-refractivity contribution in [2.45, 2.75) is 102 Å². The fraction of sp³-hybridized carbons (Fsp3) is 0.667. The number of aromatic nitrogens is 2. The van der Waals surface area contributed by atoms with Gasteiger partial charge in [0.1, 0.15) is 22.9 Å². The van der Waals surface area contributed by atoms with Gasteiger partial charge in [-0.15, -0.1) is 11.3 Å². The van der Waals surface area contributed by atoms with E-state index in [9.17, 15) is 9.59 Å². The molecule has 2 aromatic heterocycles. The molecule has 2 heterocycles. The molecule has 180 valence electrons. The van der Waals surface area contributed by atoms with Gasteiger partial charge in [-0.25, -0.2) is 14.8 Å². The lowest BCUT2D eigenvalue weighted by molar-refractivity contribution is -0.118. The van der Waals surface area contributed by atoms with Crippen molar-refractivity contribution in [1.82, 2.24) is 15.3 Å². The topological polar surface area (TPSA) is 116 Å². The normalized spacial score (nSPS) is 23.1. The Morgan fingerprint density at radius 3 is 2.64 bits per heavy atom. The van der Waals surface area contributed by atoms with Crippen LogP contribution in [0, 0.1) is 0 Å². The molecule has 9 heteroatoms. The Kier molecular flexibility index (Phi) is 7.07. The molecule has 33 heavy (non-hydrogen) atoms. The fourth-order valence-corrected chi connectivity index (χ4v) is 6.15. The minimum absolute atomic E-state index is 0.0444. The number of carbonyl (C=O) groups is 2. The van der Waals surface area contributed by atoms with Crippen LogP contribution in [0.3, 0.4) is 0 Å². The van der Waals surface area contributed by atoms with E-state index in [0.717, 1.165) is 61.6 Å². The summed E-state index contributed by atoms with van der Waals surface area (Å²) in [5, 5.41) is 3.99. The summed E-state index contributed by atoms with van der Waals surface area (Å²) in [5.41, 5.74) is 6.18. The predicted molar refractivity (Wildman–Crippen MR) is 128 cm³/mol. The summed E-state index contributed by atoms with van der Waals surface area (Å²) in [5.74, 6) is 0.676. The monoisotopic (exact) mass is 474 g/mol. The number of primary amides is 1. The van der Waals surface area contributed by atoms with Crippen LogP contribution in [0.2, 0.25) is 0 Å². The molecule has 2 amide bonds. The van der Waals surface area contributed by atoms with Gasteiger partial charge in [0.15, 0.2) is 0 Å². The van der Waals surface area contributed by atoms with Crippen molar-refractivity contribution in [3.63, 3.8) is 0 Å². The molecule has 2 aliphatic rings. The van der Waals surface area contributed by atoms with Crippen LogP contribution in [-0.2, 0) is 16.0 Å². The Bertz CT molecular complexity index is 1010. The first-order chi connectivity index (χ1) is 15.7. The number of nitrogens with zero attached hydrogens (tertiary/aromatic N) is 2. The molecule has 0 bridgehead atoms. The molecule has 2 aromatic rings. The molecule has 1 unspecified atom stereocenters. The first-order valence-electron chi connectivity index (χ1n) is 11.9. The number of carbonyl (C=O) groups excluding carboxylic acids is 2. The van der Waals surface area contributed by atoms with Crippen LogP contribution in [0.4, 0.5) is 4.79 Å². The van der Waals surface area contributed by atoms with Crippen molar-refractivity contribution >= 4 is 33.6 Å². The number of thiophene rings is 1. The van der Waals surface area contributed by atoms with Crippen LogP contribution in [0.1, 0.15) is 88.5 Å². The summed E-state index contributed by atoms with van der Waals surface area (Å²) in [7, 11) is 0. The van der Waals surface area contributed by atoms with Gasteiger partial charge in [-0.3, -0.25) is 4.79 Å². The second-order valence-electron chi connectivity index (χ2n) is 10.1. The molecule has 0 aromatic carbocycles. The maximum atomic E-state index is 12.1. The van der Waals surface area contributed by atoms with Crippen molar-refractivity contribution in [3.8, 4) is 5.88 Å². The van der Waals surface area contributed by atoms with E-state index in [4.69, 9.17) is 15.2 Å². The summed E-state index contributed by atoms with van der Waals surface area (Å²) in [6.07, 6.45) is 8.93. The number of alkyl carbamates (subject to hydrolysis) is 1. The third-order valence-corrected chi connectivity index (χ3v) is 7.52. The molecule has 4 rings (SSSR count). The third-order valence-electron chi connectivity index (χ3n) is 6.34. The highest BCUT2D eigenvalue weighted by molar-refractivity contribution is 7.18. The van der Waals surface area contributed by atoms with E-state index >= 15 is 0 Å². The Morgan fingerprint density at radius 2 is 1.94 bits per heavy atom. The van der Waals surface area contributed by atoms with Crippen molar-refractivity contribution in [2.24, 2.45) is 5.73 Å². The van der Waals surface area contributed by atoms with Crippen molar-refractivity contribution < 1.29 is 19.1 Å². The quantitative estimate of drug-likeness (QED) is 0.632. The highest BCUT2D eigenvalue weighted by atomic mass is 32.1. The van der Waals surface area contributed by atoms with Crippen LogP contribution < -0.4 is 15.8 Å². The fourth-order valence-electron chi connectivity index (χ4n) is 4.90. The van der Waals surface area contributed by atoms with Gasteiger partial charge < -0.3 is 20.5 Å². The highest BCUT2D eigenvalue weighted by Crippen LogP contribution is 2.46. The number of hydrogen-bond acceptors (Lipinski definition) is 7. The van der Waals surface area contributed by atoms with Gasteiger partial charge in [-0.1, -0.05) is 0 Å². The number of ether oxygens (including phenoxy) is 2. The molecule has 1 fully saturated rings. The van der Waals surface area contributed by atoms with Crippen LogP contribution in [0.25, 0.3) is 10.2 Å². The number of rotatable bonds is 6. The number of fused-ring (bicyclic) bond motifs is 3. The minimum Gasteiger partial charge on any atom is -0.474 e. The molecule has 1 atom stereocenters. The summed E-state index contributed by atoms with van der Waals surface area (Å²) in [4.78, 5) is 34.8. The minimum atomic E-state index is -0.502. The van der Waals surface area contributed by atoms with Crippen molar-refractivity contribution in [3.05, 3.63) is 16.8 Å². The highest BCUT2D eigenvalue weighted by Gasteiger charge is 2.30. The zero-order chi connectivity index (χ0) is 23.6. The zero-order valence-electron chi connectivity index (χ0n) is 19.7. The summed E-state index contributed by atoms with van der Waals surface area (Å²) >= 11 is 1.72. The largest absolute Gasteiger partial charge is 0.474 e. The van der Waals surface area contributed by atoms with Gasteiger partial charge in [0.25, 0.3) is 0 Å². The molecule has 0 spiro atoms. The van der Waals surface area contributed by atoms with E-state index < -0.39 is 5.60 Å². The Labute approximate surface area is 198 Å². The number of amides is 2. The smallest absolute Gasteiger partial charge is 0.407 e. The van der Waals surface area contributed by atoms with E-state index in [1.807, 2.05) is 20.8 Å². The molecule has 0 saturated heterocycles. The Morgan fingerprint density at radius 1 is 1.18 bits per heavy atom. The second-order valence-corrected chi connectivity index (χ2v) is 11.2. The van der Waals surface area contributed by atoms with E-state index in [1.165, 1.54) is 10.4 Å².